The average molecular weight is 281 g/mol. The molecule has 0 saturated heterocycles. The third-order valence-electron chi connectivity index (χ3n) is 3.25. The van der Waals surface area contributed by atoms with Crippen molar-refractivity contribution in [2.24, 2.45) is 0 Å². The fraction of sp³-hybridized carbons (Fsp3) is 0.462. The predicted octanol–water partition coefficient (Wildman–Crippen LogP) is 3.72. The van der Waals surface area contributed by atoms with Gasteiger partial charge in [0.1, 0.15) is 5.56 Å². The summed E-state index contributed by atoms with van der Waals surface area (Å²) in [5.74, 6) is -1.25. The topological polar surface area (TPSA) is 80.4 Å². The van der Waals surface area contributed by atoms with Gasteiger partial charge in [0.2, 0.25) is 0 Å². The zero-order valence-corrected chi connectivity index (χ0v) is 11.2. The van der Waals surface area contributed by atoms with E-state index in [9.17, 15) is 14.9 Å². The van der Waals surface area contributed by atoms with Gasteiger partial charge in [-0.3, -0.25) is 10.1 Å². The van der Waals surface area contributed by atoms with Crippen molar-refractivity contribution in [3.63, 3.8) is 0 Å². The summed E-state index contributed by atoms with van der Waals surface area (Å²) >= 11 is 1.63. The van der Waals surface area contributed by atoms with Crippen LogP contribution in [0.25, 0.3) is 0 Å². The molecule has 0 aromatic heterocycles. The van der Waals surface area contributed by atoms with Crippen LogP contribution >= 0.6 is 11.8 Å². The lowest BCUT2D eigenvalue weighted by atomic mass is 10.0. The predicted molar refractivity (Wildman–Crippen MR) is 72.8 cm³/mol. The maximum absolute atomic E-state index is 11.1. The highest BCUT2D eigenvalue weighted by molar-refractivity contribution is 8.00. The van der Waals surface area contributed by atoms with Gasteiger partial charge in [-0.25, -0.2) is 4.79 Å². The van der Waals surface area contributed by atoms with Gasteiger partial charge in [0.25, 0.3) is 5.69 Å². The molecule has 0 aliphatic heterocycles. The Hall–Kier alpha value is -1.56. The van der Waals surface area contributed by atoms with Crippen molar-refractivity contribution in [2.45, 2.75) is 42.2 Å². The summed E-state index contributed by atoms with van der Waals surface area (Å²) < 4.78 is 0. The normalized spacial score (nSPS) is 16.2. The minimum atomic E-state index is -1.25. The van der Waals surface area contributed by atoms with Crippen molar-refractivity contribution in [3.05, 3.63) is 33.9 Å². The fourth-order valence-electron chi connectivity index (χ4n) is 2.29. The maximum Gasteiger partial charge on any atom is 0.342 e. The van der Waals surface area contributed by atoms with E-state index in [1.54, 1.807) is 17.8 Å². The maximum atomic E-state index is 11.1. The van der Waals surface area contributed by atoms with E-state index < -0.39 is 10.9 Å². The van der Waals surface area contributed by atoms with E-state index in [-0.39, 0.29) is 11.3 Å². The second-order valence-corrected chi connectivity index (χ2v) is 5.99. The van der Waals surface area contributed by atoms with Crippen LogP contribution in [0.15, 0.2) is 23.1 Å². The van der Waals surface area contributed by atoms with E-state index in [1.807, 2.05) is 0 Å². The van der Waals surface area contributed by atoms with E-state index in [2.05, 4.69) is 0 Å². The smallest absolute Gasteiger partial charge is 0.342 e. The van der Waals surface area contributed by atoms with Crippen LogP contribution in [-0.4, -0.2) is 21.2 Å². The second kappa shape index (κ2) is 6.06. The van der Waals surface area contributed by atoms with Crippen molar-refractivity contribution < 1.29 is 14.8 Å². The molecule has 19 heavy (non-hydrogen) atoms. The third-order valence-corrected chi connectivity index (χ3v) is 4.58. The standard InChI is InChI=1S/C13H15NO4S/c15-13(16)11-8-10(6-7-12(11)14(17)18)19-9-4-2-1-3-5-9/h6-9H,1-5H2,(H,15,16). The van der Waals surface area contributed by atoms with Gasteiger partial charge in [-0.05, 0) is 25.0 Å². The second-order valence-electron chi connectivity index (χ2n) is 4.62. The molecule has 0 spiro atoms. The van der Waals surface area contributed by atoms with Gasteiger partial charge in [0, 0.05) is 16.2 Å². The Kier molecular flexibility index (Phi) is 4.42. The summed E-state index contributed by atoms with van der Waals surface area (Å²) in [6.45, 7) is 0. The Morgan fingerprint density at radius 3 is 2.58 bits per heavy atom. The average Bonchev–Trinajstić information content (AvgIpc) is 2.39. The molecule has 1 aliphatic rings. The molecule has 1 N–H and O–H groups in total. The van der Waals surface area contributed by atoms with Crippen LogP contribution in [0.4, 0.5) is 5.69 Å². The lowest BCUT2D eigenvalue weighted by Crippen LogP contribution is -2.08. The molecule has 0 heterocycles. The number of hydrogen-bond acceptors (Lipinski definition) is 4. The number of carboxylic acids is 1. The number of nitrogens with zero attached hydrogens (tertiary/aromatic N) is 1. The lowest BCUT2D eigenvalue weighted by Gasteiger charge is -2.20. The Morgan fingerprint density at radius 2 is 2.00 bits per heavy atom. The minimum Gasteiger partial charge on any atom is -0.477 e. The van der Waals surface area contributed by atoms with E-state index in [0.29, 0.717) is 5.25 Å². The fourth-order valence-corrected chi connectivity index (χ4v) is 3.58. The molecule has 0 amide bonds. The third kappa shape index (κ3) is 3.47. The molecule has 6 heteroatoms. The van der Waals surface area contributed by atoms with Crippen LogP contribution < -0.4 is 0 Å². The number of nitro groups is 1. The van der Waals surface area contributed by atoms with Gasteiger partial charge < -0.3 is 5.11 Å². The van der Waals surface area contributed by atoms with E-state index >= 15 is 0 Å². The Balaban J connectivity index is 2.20. The highest BCUT2D eigenvalue weighted by Crippen LogP contribution is 2.35. The molecular formula is C13H15NO4S. The molecular weight excluding hydrogens is 266 g/mol. The number of carboxylic acid groups (broad SMARTS) is 1. The van der Waals surface area contributed by atoms with Gasteiger partial charge in [-0.1, -0.05) is 19.3 Å². The molecule has 1 aromatic carbocycles. The summed E-state index contributed by atoms with van der Waals surface area (Å²) in [6, 6.07) is 4.35. The number of nitro benzene ring substituents is 1. The van der Waals surface area contributed by atoms with Crippen molar-refractivity contribution in [1.29, 1.82) is 0 Å². The largest absolute Gasteiger partial charge is 0.477 e. The van der Waals surface area contributed by atoms with Gasteiger partial charge in [0.05, 0.1) is 4.92 Å². The molecule has 0 bridgehead atoms. The first kappa shape index (κ1) is 13.9. The highest BCUT2D eigenvalue weighted by Gasteiger charge is 2.21. The van der Waals surface area contributed by atoms with Crippen molar-refractivity contribution >= 4 is 23.4 Å². The summed E-state index contributed by atoms with van der Waals surface area (Å²) in [7, 11) is 0. The van der Waals surface area contributed by atoms with Crippen LogP contribution in [0.3, 0.4) is 0 Å². The zero-order chi connectivity index (χ0) is 13.8. The number of benzene rings is 1. The highest BCUT2D eigenvalue weighted by atomic mass is 32.2. The molecule has 0 unspecified atom stereocenters. The first-order valence-electron chi connectivity index (χ1n) is 6.26. The number of rotatable bonds is 4. The molecule has 0 atom stereocenters. The molecule has 2 rings (SSSR count). The molecule has 1 aliphatic carbocycles. The summed E-state index contributed by atoms with van der Waals surface area (Å²) in [6.07, 6.45) is 5.93. The van der Waals surface area contributed by atoms with E-state index in [4.69, 9.17) is 5.11 Å². The molecule has 0 radical (unpaired) electrons. The van der Waals surface area contributed by atoms with Crippen molar-refractivity contribution in [3.8, 4) is 0 Å². The number of aromatic carboxylic acids is 1. The molecule has 102 valence electrons. The molecule has 5 nitrogen and oxygen atoms in total. The summed E-state index contributed by atoms with van der Waals surface area (Å²) in [4.78, 5) is 22.0. The molecule has 1 fully saturated rings. The SMILES string of the molecule is O=C(O)c1cc(SC2CCCCC2)ccc1[N+](=O)[O-]. The van der Waals surface area contributed by atoms with Gasteiger partial charge in [-0.15, -0.1) is 11.8 Å². The van der Waals surface area contributed by atoms with E-state index in [0.717, 1.165) is 17.7 Å². The minimum absolute atomic E-state index is 0.231. The number of carbonyl (C=O) groups is 1. The summed E-state index contributed by atoms with van der Waals surface area (Å²) in [5, 5.41) is 20.3. The Labute approximate surface area is 115 Å². The first-order valence-corrected chi connectivity index (χ1v) is 7.14. The van der Waals surface area contributed by atoms with Crippen LogP contribution in [-0.2, 0) is 0 Å². The van der Waals surface area contributed by atoms with Gasteiger partial charge >= 0.3 is 5.97 Å². The van der Waals surface area contributed by atoms with Crippen molar-refractivity contribution in [1.82, 2.24) is 0 Å². The number of hydrogen-bond donors (Lipinski definition) is 1. The zero-order valence-electron chi connectivity index (χ0n) is 10.4. The Morgan fingerprint density at radius 1 is 1.32 bits per heavy atom. The lowest BCUT2D eigenvalue weighted by molar-refractivity contribution is -0.385. The number of thioether (sulfide) groups is 1. The first-order chi connectivity index (χ1) is 9.08. The Bertz CT molecular complexity index is 497. The quantitative estimate of drug-likeness (QED) is 0.672. The van der Waals surface area contributed by atoms with Crippen LogP contribution in [0.5, 0.6) is 0 Å². The van der Waals surface area contributed by atoms with E-state index in [1.165, 1.54) is 31.4 Å². The van der Waals surface area contributed by atoms with Crippen molar-refractivity contribution in [2.75, 3.05) is 0 Å². The summed E-state index contributed by atoms with van der Waals surface area (Å²) in [5.41, 5.74) is -0.577. The van der Waals surface area contributed by atoms with Crippen LogP contribution in [0, 0.1) is 10.1 Å². The van der Waals surface area contributed by atoms with Gasteiger partial charge in [-0.2, -0.15) is 0 Å². The van der Waals surface area contributed by atoms with Gasteiger partial charge in [0.15, 0.2) is 0 Å². The van der Waals surface area contributed by atoms with Crippen LogP contribution in [0.2, 0.25) is 0 Å². The monoisotopic (exact) mass is 281 g/mol. The molecule has 1 saturated carbocycles. The molecule has 1 aromatic rings. The van der Waals surface area contributed by atoms with Crippen LogP contribution in [0.1, 0.15) is 42.5 Å².